The normalized spacial score (nSPS) is 14.2. The van der Waals surface area contributed by atoms with Crippen LogP contribution < -0.4 is 3.27 Å². The molecule has 212 valence electrons. The second-order valence-corrected chi connectivity index (χ2v) is 29.3. The van der Waals surface area contributed by atoms with Crippen molar-refractivity contribution in [1.82, 2.24) is 0 Å². The third kappa shape index (κ3) is 4.48. The third-order valence-corrected chi connectivity index (χ3v) is 26.2. The van der Waals surface area contributed by atoms with Crippen molar-refractivity contribution >= 4 is 12.1 Å². The number of aryl methyl sites for hydroxylation is 3. The molecule has 0 fully saturated rings. The Hall–Kier alpha value is -3.67. The summed E-state index contributed by atoms with van der Waals surface area (Å²) in [5.41, 5.74) is 15.4. The van der Waals surface area contributed by atoms with E-state index in [4.69, 9.17) is 0 Å². The Kier molecular flexibility index (Phi) is 6.87. The zero-order valence-corrected chi connectivity index (χ0v) is 28.5. The number of hydrogen-bond acceptors (Lipinski definition) is 0. The monoisotopic (exact) mass is 634 g/mol. The number of fused-ring (bicyclic) bond motifs is 3. The average molecular weight is 636 g/mol. The van der Waals surface area contributed by atoms with E-state index in [0.717, 1.165) is 12.8 Å². The second kappa shape index (κ2) is 10.5. The molecule has 0 nitrogen and oxygen atoms in total. The van der Waals surface area contributed by atoms with E-state index in [9.17, 15) is 0 Å². The van der Waals surface area contributed by atoms with Gasteiger partial charge in [0.15, 0.2) is 0 Å². The fourth-order valence-electron chi connectivity index (χ4n) is 8.43. The summed E-state index contributed by atoms with van der Waals surface area (Å²) in [5.74, 6) is 0. The Bertz CT molecular complexity index is 1960. The first-order valence-corrected chi connectivity index (χ1v) is 24.2. The predicted molar refractivity (Wildman–Crippen MR) is 183 cm³/mol. The Morgan fingerprint density at radius 3 is 1.86 bits per heavy atom. The van der Waals surface area contributed by atoms with Crippen LogP contribution in [0.3, 0.4) is 0 Å². The van der Waals surface area contributed by atoms with Gasteiger partial charge in [-0.25, -0.2) is 0 Å². The molecule has 2 aliphatic carbocycles. The van der Waals surface area contributed by atoms with Crippen LogP contribution in [0.4, 0.5) is 0 Å². The molecule has 0 radical (unpaired) electrons. The summed E-state index contributed by atoms with van der Waals surface area (Å²) >= 11 is -4.33. The van der Waals surface area contributed by atoms with Crippen LogP contribution in [-0.2, 0) is 24.7 Å². The maximum absolute atomic E-state index is 4.33. The summed E-state index contributed by atoms with van der Waals surface area (Å²) in [6.07, 6.45) is 7.14. The van der Waals surface area contributed by atoms with Crippen LogP contribution in [0.2, 0.25) is 9.26 Å². The van der Waals surface area contributed by atoms with E-state index in [1.54, 1.807) is 15.3 Å². The summed E-state index contributed by atoms with van der Waals surface area (Å²) in [6.45, 7) is 6.76. The average Bonchev–Trinajstić information content (AvgIpc) is 3.64. The Morgan fingerprint density at radius 1 is 0.628 bits per heavy atom. The molecule has 0 saturated heterocycles. The zero-order valence-electron chi connectivity index (χ0n) is 26.0. The first kappa shape index (κ1) is 28.1. The van der Waals surface area contributed by atoms with Gasteiger partial charge in [0, 0.05) is 0 Å². The van der Waals surface area contributed by atoms with Crippen molar-refractivity contribution in [3.8, 4) is 11.1 Å². The molecule has 5 aromatic carbocycles. The number of allylic oxidation sites excluding steroid dienone is 4. The van der Waals surface area contributed by atoms with Gasteiger partial charge in [-0.05, 0) is 0 Å². The van der Waals surface area contributed by atoms with E-state index in [0.29, 0.717) is 0 Å². The summed E-state index contributed by atoms with van der Waals surface area (Å²) in [5, 5.41) is 0. The Balaban J connectivity index is 1.60. The standard InChI is InChI=1S/C14H15.C13H9.C13H10.2CH3.Zr/c1-10-8-11(2)14(12(3)9-10)13-6-4-5-7-13;1-3-7-12-10(5-1)9-11-6-2-4-8-13(11)12;1-3-7-12(8-4-1)11-13-9-5-2-6-10-13;;;/h6-9H,4H2,1-3H3;1-5,7-8H,9H2;1-10H;2*1H3;. The van der Waals surface area contributed by atoms with E-state index >= 15 is 0 Å². The molecular weight excluding hydrogens is 596 g/mol. The fraction of sp³-hybridized carbons (Fsp3) is 0.167. The molecule has 0 unspecified atom stereocenters. The van der Waals surface area contributed by atoms with Gasteiger partial charge >= 0.3 is 260 Å². The molecule has 0 bridgehead atoms. The van der Waals surface area contributed by atoms with Crippen LogP contribution in [0.25, 0.3) is 16.7 Å². The molecular formula is C42H40Zr. The van der Waals surface area contributed by atoms with Gasteiger partial charge in [0.1, 0.15) is 0 Å². The van der Waals surface area contributed by atoms with Crippen molar-refractivity contribution in [1.29, 1.82) is 0 Å². The summed E-state index contributed by atoms with van der Waals surface area (Å²) in [4.78, 5) is 0. The van der Waals surface area contributed by atoms with E-state index in [-0.39, 0.29) is 0 Å². The quantitative estimate of drug-likeness (QED) is 0.177. The molecule has 0 N–H and O–H groups in total. The minimum absolute atomic E-state index is 1.00. The third-order valence-electron chi connectivity index (χ3n) is 10.3. The van der Waals surface area contributed by atoms with E-state index in [1.165, 1.54) is 55.6 Å². The summed E-state index contributed by atoms with van der Waals surface area (Å²) < 4.78 is 10.2. The topological polar surface area (TPSA) is 0 Å². The SMILES string of the molecule is Cc1cc(C)c(C2=CC[C]([Zr]([CH3])([CH3])(=[C](c3ccccc3)c3ccccc3)[c]3cccc4c3Cc3ccccc3-4)=C2)c(C)c1. The van der Waals surface area contributed by atoms with Crippen molar-refractivity contribution in [2.75, 3.05) is 0 Å². The van der Waals surface area contributed by atoms with Gasteiger partial charge in [0.25, 0.3) is 0 Å². The van der Waals surface area contributed by atoms with Gasteiger partial charge in [-0.1, -0.05) is 0 Å². The van der Waals surface area contributed by atoms with E-state index in [2.05, 4.69) is 157 Å². The van der Waals surface area contributed by atoms with Crippen LogP contribution in [0.5, 0.6) is 0 Å². The van der Waals surface area contributed by atoms with Crippen LogP contribution in [0, 0.1) is 20.8 Å². The van der Waals surface area contributed by atoms with Crippen molar-refractivity contribution in [3.05, 3.63) is 175 Å². The molecule has 0 aromatic heterocycles. The van der Waals surface area contributed by atoms with Gasteiger partial charge < -0.3 is 0 Å². The van der Waals surface area contributed by atoms with Crippen molar-refractivity contribution in [2.24, 2.45) is 0 Å². The molecule has 0 aliphatic heterocycles. The van der Waals surface area contributed by atoms with Gasteiger partial charge in [-0.3, -0.25) is 0 Å². The van der Waals surface area contributed by atoms with Gasteiger partial charge in [-0.15, -0.1) is 0 Å². The van der Waals surface area contributed by atoms with Gasteiger partial charge in [-0.2, -0.15) is 0 Å². The van der Waals surface area contributed by atoms with Crippen LogP contribution in [0.1, 0.15) is 50.9 Å². The maximum atomic E-state index is 2.72. The van der Waals surface area contributed by atoms with Gasteiger partial charge in [0.2, 0.25) is 0 Å². The molecule has 2 aliphatic rings. The predicted octanol–water partition coefficient (Wildman–Crippen LogP) is 10.2. The molecule has 1 heteroatoms. The van der Waals surface area contributed by atoms with Crippen LogP contribution in [-0.4, -0.2) is 3.21 Å². The van der Waals surface area contributed by atoms with E-state index < -0.39 is 18.3 Å². The van der Waals surface area contributed by atoms with E-state index in [1.807, 2.05) is 0 Å². The summed E-state index contributed by atoms with van der Waals surface area (Å²) in [6, 6.07) is 43.4. The second-order valence-electron chi connectivity index (χ2n) is 13.5. The Labute approximate surface area is 258 Å². The minimum atomic E-state index is -4.33. The molecule has 0 saturated carbocycles. The molecule has 0 spiro atoms. The number of rotatable bonds is 5. The first-order valence-electron chi connectivity index (χ1n) is 15.6. The summed E-state index contributed by atoms with van der Waals surface area (Å²) in [7, 11) is 0. The first-order chi connectivity index (χ1) is 20.7. The Morgan fingerprint density at radius 2 is 1.21 bits per heavy atom. The van der Waals surface area contributed by atoms with Crippen molar-refractivity contribution in [3.63, 3.8) is 0 Å². The van der Waals surface area contributed by atoms with Crippen LogP contribution >= 0.6 is 0 Å². The molecule has 0 heterocycles. The number of hydrogen-bond donors (Lipinski definition) is 0. The van der Waals surface area contributed by atoms with Gasteiger partial charge in [0.05, 0.1) is 0 Å². The number of benzene rings is 5. The molecule has 43 heavy (non-hydrogen) atoms. The van der Waals surface area contributed by atoms with Crippen molar-refractivity contribution < 1.29 is 18.3 Å². The fourth-order valence-corrected chi connectivity index (χ4v) is 23.2. The molecule has 7 rings (SSSR count). The molecule has 0 atom stereocenters. The van der Waals surface area contributed by atoms with Crippen molar-refractivity contribution in [2.45, 2.75) is 42.9 Å². The molecule has 5 aromatic rings. The molecule has 0 amide bonds. The van der Waals surface area contributed by atoms with Crippen LogP contribution in [0.15, 0.2) is 131 Å². The zero-order chi connectivity index (χ0) is 29.8.